The number of nitrogens with zero attached hydrogens (tertiary/aromatic N) is 1. The Labute approximate surface area is 145 Å². The molecule has 0 aliphatic carbocycles. The molecule has 1 unspecified atom stereocenters. The Hall–Kier alpha value is -2.41. The molecular weight excluding hydrogens is 324 g/mol. The van der Waals surface area contributed by atoms with E-state index in [-0.39, 0.29) is 17.9 Å². The summed E-state index contributed by atoms with van der Waals surface area (Å²) < 4.78 is 0. The SMILES string of the molecule is CCNC(=O)c1cccc(CNC(=O)NCC(C)c2nccs2)c1. The van der Waals surface area contributed by atoms with Gasteiger partial charge in [-0.05, 0) is 24.6 Å². The summed E-state index contributed by atoms with van der Waals surface area (Å²) in [4.78, 5) is 27.9. The van der Waals surface area contributed by atoms with E-state index in [2.05, 4.69) is 20.9 Å². The number of hydrogen-bond donors (Lipinski definition) is 3. The molecule has 1 heterocycles. The molecule has 2 aromatic rings. The van der Waals surface area contributed by atoms with Gasteiger partial charge < -0.3 is 16.0 Å². The second-order valence-corrected chi connectivity index (χ2v) is 6.32. The van der Waals surface area contributed by atoms with Crippen LogP contribution in [-0.2, 0) is 6.54 Å². The average molecular weight is 346 g/mol. The molecule has 1 aromatic carbocycles. The third-order valence-electron chi connectivity index (χ3n) is 3.42. The first-order valence-electron chi connectivity index (χ1n) is 7.88. The minimum atomic E-state index is -0.234. The summed E-state index contributed by atoms with van der Waals surface area (Å²) in [6.45, 7) is 5.37. The van der Waals surface area contributed by atoms with Crippen LogP contribution in [0.4, 0.5) is 4.79 Å². The number of urea groups is 1. The molecule has 0 saturated carbocycles. The van der Waals surface area contributed by atoms with Crippen molar-refractivity contribution in [2.45, 2.75) is 26.3 Å². The molecule has 0 radical (unpaired) electrons. The number of hydrogen-bond acceptors (Lipinski definition) is 4. The Bertz CT molecular complexity index is 673. The van der Waals surface area contributed by atoms with Crippen LogP contribution in [0.1, 0.15) is 40.7 Å². The van der Waals surface area contributed by atoms with Crippen LogP contribution in [-0.4, -0.2) is 30.0 Å². The molecule has 0 aliphatic rings. The summed E-state index contributed by atoms with van der Waals surface area (Å²) in [5.41, 5.74) is 1.47. The van der Waals surface area contributed by atoms with Crippen molar-refractivity contribution in [3.63, 3.8) is 0 Å². The first kappa shape index (κ1) is 17.9. The zero-order chi connectivity index (χ0) is 17.4. The molecule has 0 spiro atoms. The first-order valence-corrected chi connectivity index (χ1v) is 8.76. The van der Waals surface area contributed by atoms with Crippen molar-refractivity contribution in [2.75, 3.05) is 13.1 Å². The van der Waals surface area contributed by atoms with Crippen LogP contribution in [0.3, 0.4) is 0 Å². The highest BCUT2D eigenvalue weighted by molar-refractivity contribution is 7.09. The van der Waals surface area contributed by atoms with Gasteiger partial charge in [-0.3, -0.25) is 4.79 Å². The van der Waals surface area contributed by atoms with Gasteiger partial charge in [-0.25, -0.2) is 9.78 Å². The van der Waals surface area contributed by atoms with Crippen molar-refractivity contribution in [2.24, 2.45) is 0 Å². The van der Waals surface area contributed by atoms with Crippen LogP contribution in [0, 0.1) is 0 Å². The third-order valence-corrected chi connectivity index (χ3v) is 4.43. The minimum absolute atomic E-state index is 0.110. The van der Waals surface area contributed by atoms with Gasteiger partial charge in [0.1, 0.15) is 0 Å². The van der Waals surface area contributed by atoms with Crippen molar-refractivity contribution in [1.82, 2.24) is 20.9 Å². The average Bonchev–Trinajstić information content (AvgIpc) is 3.13. The van der Waals surface area contributed by atoms with Crippen molar-refractivity contribution in [1.29, 1.82) is 0 Å². The smallest absolute Gasteiger partial charge is 0.315 e. The number of thiazole rings is 1. The molecule has 6 nitrogen and oxygen atoms in total. The second-order valence-electron chi connectivity index (χ2n) is 5.39. The predicted octanol–water partition coefficient (Wildman–Crippen LogP) is 2.50. The number of aromatic nitrogens is 1. The lowest BCUT2D eigenvalue weighted by Gasteiger charge is -2.11. The summed E-state index contributed by atoms with van der Waals surface area (Å²) in [6, 6.07) is 6.99. The molecule has 3 amide bonds. The van der Waals surface area contributed by atoms with Gasteiger partial charge in [0.15, 0.2) is 0 Å². The number of nitrogens with one attached hydrogen (secondary N) is 3. The zero-order valence-electron chi connectivity index (χ0n) is 13.8. The first-order chi connectivity index (χ1) is 11.6. The van der Waals surface area contributed by atoms with E-state index < -0.39 is 0 Å². The lowest BCUT2D eigenvalue weighted by molar-refractivity contribution is 0.0955. The third kappa shape index (κ3) is 5.34. The number of amides is 3. The van der Waals surface area contributed by atoms with Crippen molar-refractivity contribution < 1.29 is 9.59 Å². The van der Waals surface area contributed by atoms with Crippen molar-refractivity contribution in [3.05, 3.63) is 52.0 Å². The summed E-state index contributed by atoms with van der Waals surface area (Å²) in [5, 5.41) is 11.3. The number of rotatable bonds is 7. The largest absolute Gasteiger partial charge is 0.352 e. The van der Waals surface area contributed by atoms with Gasteiger partial charge in [0.25, 0.3) is 5.91 Å². The Morgan fingerprint density at radius 2 is 2.08 bits per heavy atom. The van der Waals surface area contributed by atoms with Crippen LogP contribution >= 0.6 is 11.3 Å². The van der Waals surface area contributed by atoms with Crippen LogP contribution < -0.4 is 16.0 Å². The molecule has 7 heteroatoms. The maximum Gasteiger partial charge on any atom is 0.315 e. The zero-order valence-corrected chi connectivity index (χ0v) is 14.7. The monoisotopic (exact) mass is 346 g/mol. The lowest BCUT2D eigenvalue weighted by atomic mass is 10.1. The van der Waals surface area contributed by atoms with Gasteiger partial charge in [-0.2, -0.15) is 0 Å². The van der Waals surface area contributed by atoms with Crippen molar-refractivity contribution in [3.8, 4) is 0 Å². The van der Waals surface area contributed by atoms with E-state index in [1.54, 1.807) is 29.7 Å². The molecule has 0 fully saturated rings. The minimum Gasteiger partial charge on any atom is -0.352 e. The van der Waals surface area contributed by atoms with Crippen molar-refractivity contribution >= 4 is 23.3 Å². The van der Waals surface area contributed by atoms with Gasteiger partial charge in [0.2, 0.25) is 0 Å². The lowest BCUT2D eigenvalue weighted by Crippen LogP contribution is -2.37. The summed E-state index contributed by atoms with van der Waals surface area (Å²) in [6.07, 6.45) is 1.76. The highest BCUT2D eigenvalue weighted by Gasteiger charge is 2.10. The van der Waals surface area contributed by atoms with Crippen LogP contribution in [0.5, 0.6) is 0 Å². The van der Waals surface area contributed by atoms with Crippen LogP contribution in [0.15, 0.2) is 35.8 Å². The maximum atomic E-state index is 11.9. The topological polar surface area (TPSA) is 83.1 Å². The quantitative estimate of drug-likeness (QED) is 0.720. The van der Waals surface area contributed by atoms with E-state index in [4.69, 9.17) is 0 Å². The molecule has 0 bridgehead atoms. The van der Waals surface area contributed by atoms with Gasteiger partial charge in [-0.1, -0.05) is 19.1 Å². The van der Waals surface area contributed by atoms with E-state index in [1.807, 2.05) is 31.4 Å². The van der Waals surface area contributed by atoms with Gasteiger partial charge in [0, 0.05) is 42.7 Å². The number of carbonyl (C=O) groups excluding carboxylic acids is 2. The normalized spacial score (nSPS) is 11.6. The summed E-state index contributed by atoms with van der Waals surface area (Å²) in [5.74, 6) is 0.0675. The molecule has 128 valence electrons. The van der Waals surface area contributed by atoms with E-state index >= 15 is 0 Å². The van der Waals surface area contributed by atoms with Gasteiger partial charge in [-0.15, -0.1) is 11.3 Å². The van der Waals surface area contributed by atoms with E-state index in [9.17, 15) is 9.59 Å². The fourth-order valence-electron chi connectivity index (χ4n) is 2.14. The van der Waals surface area contributed by atoms with E-state index in [0.717, 1.165) is 10.6 Å². The fraction of sp³-hybridized carbons (Fsp3) is 0.353. The molecule has 1 atom stereocenters. The number of carbonyl (C=O) groups is 2. The Balaban J connectivity index is 1.79. The number of benzene rings is 1. The highest BCUT2D eigenvalue weighted by atomic mass is 32.1. The van der Waals surface area contributed by atoms with Crippen LogP contribution in [0.25, 0.3) is 0 Å². The molecule has 24 heavy (non-hydrogen) atoms. The fourth-order valence-corrected chi connectivity index (χ4v) is 2.84. The Morgan fingerprint density at radius 3 is 2.79 bits per heavy atom. The molecule has 3 N–H and O–H groups in total. The van der Waals surface area contributed by atoms with Gasteiger partial charge in [0.05, 0.1) is 5.01 Å². The molecule has 2 rings (SSSR count). The molecule has 0 saturated heterocycles. The molecular formula is C17H22N4O2S. The second kappa shape index (κ2) is 9.02. The standard InChI is InChI=1S/C17H22N4O2S/c1-3-18-15(22)14-6-4-5-13(9-14)11-21-17(23)20-10-12(2)16-19-7-8-24-16/h4-9,12H,3,10-11H2,1-2H3,(H,18,22)(H2,20,21,23). The summed E-state index contributed by atoms with van der Waals surface area (Å²) >= 11 is 1.58. The predicted molar refractivity (Wildman–Crippen MR) is 95.2 cm³/mol. The van der Waals surface area contributed by atoms with E-state index in [1.165, 1.54) is 0 Å². The molecule has 0 aliphatic heterocycles. The maximum absolute atomic E-state index is 11.9. The van der Waals surface area contributed by atoms with Gasteiger partial charge >= 0.3 is 6.03 Å². The van der Waals surface area contributed by atoms with E-state index in [0.29, 0.717) is 25.2 Å². The highest BCUT2D eigenvalue weighted by Crippen LogP contribution is 2.16. The Morgan fingerprint density at radius 1 is 1.25 bits per heavy atom. The molecule has 1 aromatic heterocycles. The Kier molecular flexibility index (Phi) is 6.74. The summed E-state index contributed by atoms with van der Waals surface area (Å²) in [7, 11) is 0. The van der Waals surface area contributed by atoms with Crippen LogP contribution in [0.2, 0.25) is 0 Å².